The van der Waals surface area contributed by atoms with Crippen molar-refractivity contribution in [3.63, 3.8) is 0 Å². The van der Waals surface area contributed by atoms with Crippen LogP contribution in [0.25, 0.3) is 0 Å². The molecule has 0 aromatic heterocycles. The molecule has 2 fully saturated rings. The Balaban J connectivity index is 1.81. The number of nitrogens with zero attached hydrogens (tertiary/aromatic N) is 1. The van der Waals surface area contributed by atoms with Crippen LogP contribution in [0.5, 0.6) is 0 Å². The maximum absolute atomic E-state index is 3.58. The van der Waals surface area contributed by atoms with Crippen molar-refractivity contribution in [3.05, 3.63) is 0 Å². The molecule has 2 aliphatic rings. The SMILES string of the molecule is CN1CC2CNCCCCCCC21. The van der Waals surface area contributed by atoms with Gasteiger partial charge in [-0.25, -0.2) is 0 Å². The lowest BCUT2D eigenvalue weighted by molar-refractivity contribution is 0.0326. The monoisotopic (exact) mass is 182 g/mol. The first-order chi connectivity index (χ1) is 6.38. The Morgan fingerprint density at radius 2 is 2.00 bits per heavy atom. The van der Waals surface area contributed by atoms with Gasteiger partial charge in [-0.3, -0.25) is 0 Å². The molecule has 2 aliphatic heterocycles. The molecule has 0 aliphatic carbocycles. The highest BCUT2D eigenvalue weighted by molar-refractivity contribution is 4.90. The van der Waals surface area contributed by atoms with E-state index in [1.54, 1.807) is 0 Å². The van der Waals surface area contributed by atoms with Crippen LogP contribution >= 0.6 is 0 Å². The van der Waals surface area contributed by atoms with E-state index in [9.17, 15) is 0 Å². The van der Waals surface area contributed by atoms with Crippen molar-refractivity contribution < 1.29 is 0 Å². The second-order valence-corrected chi connectivity index (χ2v) is 4.67. The number of fused-ring (bicyclic) bond motifs is 1. The van der Waals surface area contributed by atoms with E-state index in [4.69, 9.17) is 0 Å². The largest absolute Gasteiger partial charge is 0.316 e. The summed E-state index contributed by atoms with van der Waals surface area (Å²) in [6.07, 6.45) is 7.13. The first-order valence-corrected chi connectivity index (χ1v) is 5.79. The molecule has 0 saturated carbocycles. The first-order valence-electron chi connectivity index (χ1n) is 5.79. The van der Waals surface area contributed by atoms with Crippen LogP contribution in [0.2, 0.25) is 0 Å². The summed E-state index contributed by atoms with van der Waals surface area (Å²) in [5.41, 5.74) is 0. The van der Waals surface area contributed by atoms with Crippen LogP contribution in [-0.2, 0) is 0 Å². The van der Waals surface area contributed by atoms with Crippen molar-refractivity contribution >= 4 is 0 Å². The van der Waals surface area contributed by atoms with Gasteiger partial charge in [-0.2, -0.15) is 0 Å². The van der Waals surface area contributed by atoms with Crippen molar-refractivity contribution in [1.82, 2.24) is 10.2 Å². The standard InChI is InChI=1S/C11H22N2/c1-13-9-10-8-12-7-5-3-2-4-6-11(10)13/h10-12H,2-9H2,1H3. The zero-order valence-corrected chi connectivity index (χ0v) is 8.76. The van der Waals surface area contributed by atoms with Gasteiger partial charge in [0.05, 0.1) is 0 Å². The Kier molecular flexibility index (Phi) is 3.23. The summed E-state index contributed by atoms with van der Waals surface area (Å²) in [7, 11) is 2.27. The fourth-order valence-electron chi connectivity index (χ4n) is 2.75. The average molecular weight is 182 g/mol. The molecule has 2 rings (SSSR count). The lowest BCUT2D eigenvalue weighted by Crippen LogP contribution is -2.57. The first kappa shape index (κ1) is 9.47. The van der Waals surface area contributed by atoms with Gasteiger partial charge in [-0.1, -0.05) is 19.3 Å². The number of hydrogen-bond acceptors (Lipinski definition) is 2. The summed E-state index contributed by atoms with van der Waals surface area (Å²) in [4.78, 5) is 2.52. The Morgan fingerprint density at radius 3 is 2.85 bits per heavy atom. The summed E-state index contributed by atoms with van der Waals surface area (Å²) in [5, 5.41) is 3.58. The van der Waals surface area contributed by atoms with Crippen molar-refractivity contribution in [2.75, 3.05) is 26.7 Å². The zero-order valence-electron chi connectivity index (χ0n) is 8.76. The summed E-state index contributed by atoms with van der Waals surface area (Å²) in [5.74, 6) is 0.947. The van der Waals surface area contributed by atoms with Crippen molar-refractivity contribution in [2.24, 2.45) is 5.92 Å². The predicted octanol–water partition coefficient (Wildman–Crippen LogP) is 1.47. The second-order valence-electron chi connectivity index (χ2n) is 4.67. The Labute approximate surface area is 81.7 Å². The molecule has 2 saturated heterocycles. The quantitative estimate of drug-likeness (QED) is 0.610. The fourth-order valence-corrected chi connectivity index (χ4v) is 2.75. The van der Waals surface area contributed by atoms with Gasteiger partial charge in [-0.15, -0.1) is 0 Å². The predicted molar refractivity (Wildman–Crippen MR) is 55.9 cm³/mol. The van der Waals surface area contributed by atoms with Gasteiger partial charge in [0.1, 0.15) is 0 Å². The highest BCUT2D eigenvalue weighted by Gasteiger charge is 2.34. The molecule has 0 bridgehead atoms. The van der Waals surface area contributed by atoms with E-state index < -0.39 is 0 Å². The summed E-state index contributed by atoms with van der Waals surface area (Å²) in [6.45, 7) is 3.82. The van der Waals surface area contributed by atoms with E-state index in [2.05, 4.69) is 17.3 Å². The highest BCUT2D eigenvalue weighted by Crippen LogP contribution is 2.27. The van der Waals surface area contributed by atoms with Gasteiger partial charge in [0.15, 0.2) is 0 Å². The molecule has 1 N–H and O–H groups in total. The fraction of sp³-hybridized carbons (Fsp3) is 1.00. The second kappa shape index (κ2) is 4.43. The molecule has 2 atom stereocenters. The number of hydrogen-bond donors (Lipinski definition) is 1. The molecule has 2 heterocycles. The maximum Gasteiger partial charge on any atom is 0.0145 e. The third kappa shape index (κ3) is 2.23. The van der Waals surface area contributed by atoms with Crippen LogP contribution in [0.3, 0.4) is 0 Å². The van der Waals surface area contributed by atoms with E-state index in [-0.39, 0.29) is 0 Å². The normalized spacial score (nSPS) is 37.6. The molecule has 76 valence electrons. The van der Waals surface area contributed by atoms with Crippen LogP contribution < -0.4 is 5.32 Å². The average Bonchev–Trinajstić information content (AvgIpc) is 2.13. The van der Waals surface area contributed by atoms with Crippen LogP contribution in [0.4, 0.5) is 0 Å². The minimum absolute atomic E-state index is 0.894. The molecule has 0 amide bonds. The highest BCUT2D eigenvalue weighted by atomic mass is 15.2. The molecular formula is C11H22N2. The minimum atomic E-state index is 0.894. The lowest BCUT2D eigenvalue weighted by Gasteiger charge is -2.47. The maximum atomic E-state index is 3.58. The van der Waals surface area contributed by atoms with Crippen LogP contribution in [0.1, 0.15) is 32.1 Å². The molecule has 2 heteroatoms. The number of likely N-dealkylation sites (tertiary alicyclic amines) is 1. The Hall–Kier alpha value is -0.0800. The summed E-state index contributed by atoms with van der Waals surface area (Å²) < 4.78 is 0. The Bertz CT molecular complexity index is 158. The summed E-state index contributed by atoms with van der Waals surface area (Å²) in [6, 6.07) is 0.894. The van der Waals surface area contributed by atoms with Crippen molar-refractivity contribution in [1.29, 1.82) is 0 Å². The minimum Gasteiger partial charge on any atom is -0.316 e. The number of rotatable bonds is 0. The zero-order chi connectivity index (χ0) is 9.10. The van der Waals surface area contributed by atoms with E-state index >= 15 is 0 Å². The number of nitrogens with one attached hydrogen (secondary N) is 1. The van der Waals surface area contributed by atoms with Crippen LogP contribution in [0.15, 0.2) is 0 Å². The van der Waals surface area contributed by atoms with E-state index in [1.807, 2.05) is 0 Å². The molecule has 0 radical (unpaired) electrons. The van der Waals surface area contributed by atoms with Crippen LogP contribution in [-0.4, -0.2) is 37.6 Å². The molecule has 2 unspecified atom stereocenters. The lowest BCUT2D eigenvalue weighted by atomic mass is 9.85. The van der Waals surface area contributed by atoms with E-state index in [0.717, 1.165) is 12.0 Å². The van der Waals surface area contributed by atoms with Gasteiger partial charge in [-0.05, 0) is 32.4 Å². The van der Waals surface area contributed by atoms with E-state index in [1.165, 1.54) is 51.7 Å². The van der Waals surface area contributed by atoms with Gasteiger partial charge in [0, 0.05) is 19.1 Å². The molecule has 0 aromatic carbocycles. The Morgan fingerprint density at radius 1 is 1.15 bits per heavy atom. The van der Waals surface area contributed by atoms with Gasteiger partial charge < -0.3 is 10.2 Å². The van der Waals surface area contributed by atoms with Crippen molar-refractivity contribution in [2.45, 2.75) is 38.1 Å². The van der Waals surface area contributed by atoms with Crippen molar-refractivity contribution in [3.8, 4) is 0 Å². The molecule has 2 nitrogen and oxygen atoms in total. The van der Waals surface area contributed by atoms with Gasteiger partial charge in [0.2, 0.25) is 0 Å². The molecule has 0 aromatic rings. The van der Waals surface area contributed by atoms with Gasteiger partial charge in [0.25, 0.3) is 0 Å². The third-order valence-corrected chi connectivity index (χ3v) is 3.64. The molecular weight excluding hydrogens is 160 g/mol. The third-order valence-electron chi connectivity index (χ3n) is 3.64. The molecule has 0 spiro atoms. The van der Waals surface area contributed by atoms with Crippen LogP contribution in [0, 0.1) is 5.92 Å². The smallest absolute Gasteiger partial charge is 0.0145 e. The molecule has 13 heavy (non-hydrogen) atoms. The van der Waals surface area contributed by atoms with Gasteiger partial charge >= 0.3 is 0 Å². The summed E-state index contributed by atoms with van der Waals surface area (Å²) >= 11 is 0. The topological polar surface area (TPSA) is 15.3 Å². The van der Waals surface area contributed by atoms with E-state index in [0.29, 0.717) is 0 Å².